The molecule has 0 radical (unpaired) electrons. The summed E-state index contributed by atoms with van der Waals surface area (Å²) in [4.78, 5) is 16.8. The van der Waals surface area contributed by atoms with Crippen LogP contribution >= 0.6 is 0 Å². The molecule has 1 atom stereocenters. The fourth-order valence-electron chi connectivity index (χ4n) is 2.78. The maximum atomic E-state index is 12.6. The summed E-state index contributed by atoms with van der Waals surface area (Å²) in [5.74, 6) is -0.140. The quantitative estimate of drug-likeness (QED) is 0.689. The van der Waals surface area contributed by atoms with Crippen molar-refractivity contribution in [2.45, 2.75) is 26.8 Å². The summed E-state index contributed by atoms with van der Waals surface area (Å²) < 4.78 is 0. The predicted octanol–water partition coefficient (Wildman–Crippen LogP) is 4.93. The summed E-state index contributed by atoms with van der Waals surface area (Å²) in [5.41, 5.74) is 5.80. The lowest BCUT2D eigenvalue weighted by molar-refractivity contribution is 0.0939. The van der Waals surface area contributed by atoms with Crippen molar-refractivity contribution in [1.29, 1.82) is 0 Å². The van der Waals surface area contributed by atoms with E-state index in [2.05, 4.69) is 35.5 Å². The first-order valence-corrected chi connectivity index (χ1v) is 8.68. The van der Waals surface area contributed by atoms with Gasteiger partial charge >= 0.3 is 0 Å². The molecule has 3 rings (SSSR count). The molecule has 1 unspecified atom stereocenters. The van der Waals surface area contributed by atoms with Gasteiger partial charge in [0.15, 0.2) is 0 Å². The normalized spacial score (nSPS) is 11.7. The van der Waals surface area contributed by atoms with Gasteiger partial charge in [-0.05, 0) is 49.6 Å². The molecular formula is C22H23N3O. The first kappa shape index (κ1) is 17.7. The standard InChI is InChI=1S/C22H23N3O/c1-15-8-7-11-21(16(15)2)25-20-12-19(13-23-14-20)22(26)24-17(3)18-9-5-4-6-10-18/h4-14,17,25H,1-3H3,(H,24,26). The second-order valence-electron chi connectivity index (χ2n) is 6.44. The Labute approximate surface area is 154 Å². The van der Waals surface area contributed by atoms with Crippen LogP contribution in [0.2, 0.25) is 0 Å². The number of hydrogen-bond acceptors (Lipinski definition) is 3. The number of nitrogens with one attached hydrogen (secondary N) is 2. The molecule has 0 bridgehead atoms. The molecule has 1 amide bonds. The molecule has 26 heavy (non-hydrogen) atoms. The van der Waals surface area contributed by atoms with Crippen molar-refractivity contribution in [3.05, 3.63) is 89.2 Å². The maximum Gasteiger partial charge on any atom is 0.253 e. The molecule has 2 aromatic carbocycles. The fraction of sp³-hybridized carbons (Fsp3) is 0.182. The third-order valence-electron chi connectivity index (χ3n) is 4.53. The second kappa shape index (κ2) is 7.83. The zero-order valence-electron chi connectivity index (χ0n) is 15.3. The smallest absolute Gasteiger partial charge is 0.253 e. The second-order valence-corrected chi connectivity index (χ2v) is 6.44. The molecule has 0 aliphatic carbocycles. The molecule has 0 fully saturated rings. The molecule has 1 heterocycles. The van der Waals surface area contributed by atoms with Gasteiger partial charge in [0.25, 0.3) is 5.91 Å². The summed E-state index contributed by atoms with van der Waals surface area (Å²) in [6, 6.07) is 17.8. The monoisotopic (exact) mass is 345 g/mol. The average Bonchev–Trinajstić information content (AvgIpc) is 2.66. The third kappa shape index (κ3) is 4.09. The number of aryl methyl sites for hydroxylation is 1. The van der Waals surface area contributed by atoms with Gasteiger partial charge in [-0.2, -0.15) is 0 Å². The van der Waals surface area contributed by atoms with Crippen molar-refractivity contribution in [2.75, 3.05) is 5.32 Å². The number of pyridine rings is 1. The highest BCUT2D eigenvalue weighted by Gasteiger charge is 2.12. The van der Waals surface area contributed by atoms with Crippen molar-refractivity contribution in [3.63, 3.8) is 0 Å². The lowest BCUT2D eigenvalue weighted by atomic mass is 10.1. The van der Waals surface area contributed by atoms with Crippen molar-refractivity contribution >= 4 is 17.3 Å². The molecular weight excluding hydrogens is 322 g/mol. The Morgan fingerprint density at radius 1 is 1.00 bits per heavy atom. The van der Waals surface area contributed by atoms with Crippen LogP contribution in [0.4, 0.5) is 11.4 Å². The summed E-state index contributed by atoms with van der Waals surface area (Å²) in [6.07, 6.45) is 3.31. The van der Waals surface area contributed by atoms with Crippen LogP contribution in [-0.2, 0) is 0 Å². The van der Waals surface area contributed by atoms with E-state index in [4.69, 9.17) is 0 Å². The lowest BCUT2D eigenvalue weighted by Gasteiger charge is -2.15. The summed E-state index contributed by atoms with van der Waals surface area (Å²) in [5, 5.41) is 6.37. The zero-order valence-corrected chi connectivity index (χ0v) is 15.3. The fourth-order valence-corrected chi connectivity index (χ4v) is 2.78. The zero-order chi connectivity index (χ0) is 18.5. The van der Waals surface area contributed by atoms with E-state index in [1.807, 2.05) is 55.5 Å². The van der Waals surface area contributed by atoms with Gasteiger partial charge in [-0.1, -0.05) is 42.5 Å². The van der Waals surface area contributed by atoms with E-state index in [1.54, 1.807) is 12.4 Å². The minimum absolute atomic E-state index is 0.0701. The van der Waals surface area contributed by atoms with Crippen LogP contribution < -0.4 is 10.6 Å². The van der Waals surface area contributed by atoms with E-state index in [-0.39, 0.29) is 11.9 Å². The number of amides is 1. The summed E-state index contributed by atoms with van der Waals surface area (Å²) in [6.45, 7) is 6.12. The van der Waals surface area contributed by atoms with E-state index >= 15 is 0 Å². The largest absolute Gasteiger partial charge is 0.354 e. The van der Waals surface area contributed by atoms with E-state index in [1.165, 1.54) is 11.1 Å². The Balaban J connectivity index is 1.74. The SMILES string of the molecule is Cc1cccc(Nc2cncc(C(=O)NC(C)c3ccccc3)c2)c1C. The Bertz CT molecular complexity index is 906. The number of nitrogens with zero attached hydrogens (tertiary/aromatic N) is 1. The van der Waals surface area contributed by atoms with Crippen LogP contribution in [0.3, 0.4) is 0 Å². The number of carbonyl (C=O) groups is 1. The van der Waals surface area contributed by atoms with Gasteiger partial charge in [0, 0.05) is 11.9 Å². The molecule has 0 saturated heterocycles. The topological polar surface area (TPSA) is 54.0 Å². The molecule has 0 spiro atoms. The Morgan fingerprint density at radius 3 is 2.54 bits per heavy atom. The van der Waals surface area contributed by atoms with Gasteiger partial charge in [0.05, 0.1) is 23.5 Å². The highest BCUT2D eigenvalue weighted by Crippen LogP contribution is 2.23. The van der Waals surface area contributed by atoms with Crippen LogP contribution in [0, 0.1) is 13.8 Å². The highest BCUT2D eigenvalue weighted by molar-refractivity contribution is 5.95. The van der Waals surface area contributed by atoms with E-state index < -0.39 is 0 Å². The number of anilines is 2. The minimum Gasteiger partial charge on any atom is -0.354 e. The van der Waals surface area contributed by atoms with Crippen molar-refractivity contribution in [2.24, 2.45) is 0 Å². The van der Waals surface area contributed by atoms with Crippen molar-refractivity contribution in [1.82, 2.24) is 10.3 Å². The van der Waals surface area contributed by atoms with E-state index in [0.29, 0.717) is 5.56 Å². The van der Waals surface area contributed by atoms with Crippen LogP contribution in [0.5, 0.6) is 0 Å². The van der Waals surface area contributed by atoms with Crippen LogP contribution in [0.15, 0.2) is 67.0 Å². The van der Waals surface area contributed by atoms with Gasteiger partial charge < -0.3 is 10.6 Å². The van der Waals surface area contributed by atoms with E-state index in [0.717, 1.165) is 16.9 Å². The third-order valence-corrected chi connectivity index (χ3v) is 4.53. The van der Waals surface area contributed by atoms with Gasteiger partial charge in [0.1, 0.15) is 0 Å². The van der Waals surface area contributed by atoms with Crippen molar-refractivity contribution < 1.29 is 4.79 Å². The van der Waals surface area contributed by atoms with Crippen LogP contribution in [0.25, 0.3) is 0 Å². The van der Waals surface area contributed by atoms with Gasteiger partial charge in [-0.15, -0.1) is 0 Å². The number of benzene rings is 2. The molecule has 4 heteroatoms. The summed E-state index contributed by atoms with van der Waals surface area (Å²) in [7, 11) is 0. The predicted molar refractivity (Wildman–Crippen MR) is 106 cm³/mol. The summed E-state index contributed by atoms with van der Waals surface area (Å²) >= 11 is 0. The Hall–Kier alpha value is -3.14. The number of carbonyl (C=O) groups excluding carboxylic acids is 1. The molecule has 0 aliphatic heterocycles. The first-order chi connectivity index (χ1) is 12.5. The maximum absolute atomic E-state index is 12.6. The molecule has 3 aromatic rings. The molecule has 1 aromatic heterocycles. The van der Waals surface area contributed by atoms with Gasteiger partial charge in [-0.3, -0.25) is 9.78 Å². The number of aromatic nitrogens is 1. The van der Waals surface area contributed by atoms with Crippen LogP contribution in [0.1, 0.15) is 40.0 Å². The molecule has 4 nitrogen and oxygen atoms in total. The molecule has 2 N–H and O–H groups in total. The minimum atomic E-state index is -0.140. The average molecular weight is 345 g/mol. The van der Waals surface area contributed by atoms with Gasteiger partial charge in [0.2, 0.25) is 0 Å². The molecule has 0 aliphatic rings. The molecule has 132 valence electrons. The Morgan fingerprint density at radius 2 is 1.77 bits per heavy atom. The highest BCUT2D eigenvalue weighted by atomic mass is 16.1. The van der Waals surface area contributed by atoms with Gasteiger partial charge in [-0.25, -0.2) is 0 Å². The number of hydrogen-bond donors (Lipinski definition) is 2. The first-order valence-electron chi connectivity index (χ1n) is 8.68. The molecule has 0 saturated carbocycles. The van der Waals surface area contributed by atoms with Crippen molar-refractivity contribution in [3.8, 4) is 0 Å². The van der Waals surface area contributed by atoms with Crippen LogP contribution in [-0.4, -0.2) is 10.9 Å². The number of rotatable bonds is 5. The Kier molecular flexibility index (Phi) is 5.32. The lowest BCUT2D eigenvalue weighted by Crippen LogP contribution is -2.26. The van der Waals surface area contributed by atoms with E-state index in [9.17, 15) is 4.79 Å².